The molecule has 1 aromatic carbocycles. The fraction of sp³-hybridized carbons (Fsp3) is 0.389. The molecule has 0 aliphatic carbocycles. The number of benzene rings is 1. The summed E-state index contributed by atoms with van der Waals surface area (Å²) >= 11 is 12.3. The van der Waals surface area contributed by atoms with Crippen LogP contribution in [0.4, 0.5) is 0 Å². The first-order chi connectivity index (χ1) is 12.9. The van der Waals surface area contributed by atoms with Gasteiger partial charge >= 0.3 is 0 Å². The summed E-state index contributed by atoms with van der Waals surface area (Å²) in [4.78, 5) is 22.8. The molecule has 0 saturated heterocycles. The molecule has 9 heteroatoms. The molecule has 27 heavy (non-hydrogen) atoms. The summed E-state index contributed by atoms with van der Waals surface area (Å²) in [6.07, 6.45) is 3.57. The van der Waals surface area contributed by atoms with Gasteiger partial charge in [-0.1, -0.05) is 28.4 Å². The highest BCUT2D eigenvalue weighted by Gasteiger charge is 2.14. The van der Waals surface area contributed by atoms with Gasteiger partial charge in [0.05, 0.1) is 22.3 Å². The average molecular weight is 414 g/mol. The number of hydrazine groups is 1. The van der Waals surface area contributed by atoms with E-state index in [-0.39, 0.29) is 21.5 Å². The Labute approximate surface area is 167 Å². The lowest BCUT2D eigenvalue weighted by Crippen LogP contribution is -2.40. The second-order valence-corrected chi connectivity index (χ2v) is 6.81. The molecule has 0 atom stereocenters. The summed E-state index contributed by atoms with van der Waals surface area (Å²) < 4.78 is 10.8. The predicted octanol–water partition coefficient (Wildman–Crippen LogP) is 3.86. The highest BCUT2D eigenvalue weighted by molar-refractivity contribution is 6.37. The highest BCUT2D eigenvalue weighted by Crippen LogP contribution is 2.34. The number of carbonyl (C=O) groups is 2. The summed E-state index contributed by atoms with van der Waals surface area (Å²) in [5.41, 5.74) is 5.54. The lowest BCUT2D eigenvalue weighted by Gasteiger charge is -2.12. The molecule has 0 radical (unpaired) electrons. The van der Waals surface area contributed by atoms with Gasteiger partial charge < -0.3 is 9.26 Å². The Bertz CT molecular complexity index is 785. The zero-order valence-electron chi connectivity index (χ0n) is 15.1. The van der Waals surface area contributed by atoms with Gasteiger partial charge in [-0.15, -0.1) is 0 Å². The van der Waals surface area contributed by atoms with E-state index < -0.39 is 5.91 Å². The molecular formula is C18H21Cl2N3O4. The molecule has 2 N–H and O–H groups in total. The number of amides is 2. The third-order valence-corrected chi connectivity index (χ3v) is 4.16. The van der Waals surface area contributed by atoms with Crippen LogP contribution in [0.15, 0.2) is 22.7 Å². The number of rotatable bonds is 8. The maximum atomic E-state index is 11.9. The SMILES string of the molecule is CC(=O)NNC(=O)c1cc(Cl)c(OCCCCCc2cc(C)no2)c(Cl)c1. The minimum Gasteiger partial charge on any atom is -0.490 e. The van der Waals surface area contributed by atoms with Gasteiger partial charge in [0.25, 0.3) is 5.91 Å². The summed E-state index contributed by atoms with van der Waals surface area (Å²) in [6, 6.07) is 4.80. The number of carbonyl (C=O) groups excluding carboxylic acids is 2. The fourth-order valence-electron chi connectivity index (χ4n) is 2.33. The van der Waals surface area contributed by atoms with Gasteiger partial charge in [-0.3, -0.25) is 20.4 Å². The minimum atomic E-state index is -0.525. The fourth-order valence-corrected chi connectivity index (χ4v) is 2.93. The molecule has 2 amide bonds. The van der Waals surface area contributed by atoms with Crippen molar-refractivity contribution in [2.75, 3.05) is 6.61 Å². The van der Waals surface area contributed by atoms with Crippen molar-refractivity contribution in [2.45, 2.75) is 39.5 Å². The molecule has 0 aliphatic heterocycles. The van der Waals surface area contributed by atoms with Gasteiger partial charge in [-0.2, -0.15) is 0 Å². The van der Waals surface area contributed by atoms with Crippen molar-refractivity contribution in [1.29, 1.82) is 0 Å². The van der Waals surface area contributed by atoms with E-state index in [1.54, 1.807) is 0 Å². The maximum Gasteiger partial charge on any atom is 0.269 e. The number of nitrogens with zero attached hydrogens (tertiary/aromatic N) is 1. The maximum absolute atomic E-state index is 11.9. The Hall–Kier alpha value is -2.25. The quantitative estimate of drug-likeness (QED) is 0.506. The van der Waals surface area contributed by atoms with E-state index >= 15 is 0 Å². The van der Waals surface area contributed by atoms with Crippen LogP contribution in [-0.2, 0) is 11.2 Å². The Morgan fingerprint density at radius 1 is 1.11 bits per heavy atom. The average Bonchev–Trinajstić information content (AvgIpc) is 3.02. The molecule has 0 aliphatic rings. The molecule has 0 spiro atoms. The van der Waals surface area contributed by atoms with Crippen molar-refractivity contribution in [2.24, 2.45) is 0 Å². The van der Waals surface area contributed by atoms with E-state index in [1.807, 2.05) is 13.0 Å². The van der Waals surface area contributed by atoms with E-state index in [0.29, 0.717) is 12.4 Å². The topological polar surface area (TPSA) is 93.5 Å². The van der Waals surface area contributed by atoms with E-state index in [2.05, 4.69) is 16.0 Å². The molecule has 2 rings (SSSR count). The summed E-state index contributed by atoms with van der Waals surface area (Å²) in [5, 5.41) is 4.31. The van der Waals surface area contributed by atoms with Crippen molar-refractivity contribution in [3.63, 3.8) is 0 Å². The van der Waals surface area contributed by atoms with E-state index in [1.165, 1.54) is 19.1 Å². The Morgan fingerprint density at radius 3 is 2.41 bits per heavy atom. The van der Waals surface area contributed by atoms with Crippen LogP contribution in [-0.4, -0.2) is 23.6 Å². The van der Waals surface area contributed by atoms with E-state index in [9.17, 15) is 9.59 Å². The minimum absolute atomic E-state index is 0.216. The first kappa shape index (κ1) is 21.1. The third-order valence-electron chi connectivity index (χ3n) is 3.60. The first-order valence-corrected chi connectivity index (χ1v) is 9.23. The zero-order chi connectivity index (χ0) is 19.8. The number of halogens is 2. The van der Waals surface area contributed by atoms with Crippen molar-refractivity contribution >= 4 is 35.0 Å². The van der Waals surface area contributed by atoms with Gasteiger partial charge in [0, 0.05) is 25.0 Å². The summed E-state index contributed by atoms with van der Waals surface area (Å²) in [5.74, 6) is 0.301. The van der Waals surface area contributed by atoms with Crippen LogP contribution in [0, 0.1) is 6.92 Å². The molecule has 1 aromatic heterocycles. The molecule has 0 bridgehead atoms. The van der Waals surface area contributed by atoms with Gasteiger partial charge in [0.2, 0.25) is 5.91 Å². The summed E-state index contributed by atoms with van der Waals surface area (Å²) in [7, 11) is 0. The van der Waals surface area contributed by atoms with E-state index in [0.717, 1.165) is 37.1 Å². The largest absolute Gasteiger partial charge is 0.490 e. The van der Waals surface area contributed by atoms with Crippen LogP contribution in [0.25, 0.3) is 0 Å². The molecule has 1 heterocycles. The Morgan fingerprint density at radius 2 is 1.81 bits per heavy atom. The number of aromatic nitrogens is 1. The monoisotopic (exact) mass is 413 g/mol. The highest BCUT2D eigenvalue weighted by atomic mass is 35.5. The number of aryl methyl sites for hydroxylation is 2. The molecular weight excluding hydrogens is 393 g/mol. The number of hydrogen-bond donors (Lipinski definition) is 2. The van der Waals surface area contributed by atoms with Crippen molar-refractivity contribution < 1.29 is 18.8 Å². The summed E-state index contributed by atoms with van der Waals surface area (Å²) in [6.45, 7) is 3.62. The molecule has 7 nitrogen and oxygen atoms in total. The van der Waals surface area contributed by atoms with Crippen molar-refractivity contribution in [3.8, 4) is 5.75 Å². The Kier molecular flexibility index (Phi) is 7.94. The Balaban J connectivity index is 1.78. The number of unbranched alkanes of at least 4 members (excludes halogenated alkanes) is 2. The normalized spacial score (nSPS) is 10.5. The standard InChI is InChI=1S/C18H21Cl2N3O4/c1-11-8-14(27-23-11)6-4-3-5-7-26-17-15(19)9-13(10-16(17)20)18(25)22-21-12(2)24/h8-10H,3-7H2,1-2H3,(H,21,24)(H,22,25). The van der Waals surface area contributed by atoms with Crippen LogP contribution in [0.5, 0.6) is 5.75 Å². The second-order valence-electron chi connectivity index (χ2n) is 6.00. The predicted molar refractivity (Wildman–Crippen MR) is 102 cm³/mol. The van der Waals surface area contributed by atoms with Gasteiger partial charge in [0.15, 0.2) is 5.75 Å². The second kappa shape index (κ2) is 10.2. The lowest BCUT2D eigenvalue weighted by molar-refractivity contribution is -0.119. The van der Waals surface area contributed by atoms with Gasteiger partial charge in [0.1, 0.15) is 5.76 Å². The van der Waals surface area contributed by atoms with Crippen LogP contribution >= 0.6 is 23.2 Å². The number of hydrogen-bond acceptors (Lipinski definition) is 5. The molecule has 0 fully saturated rings. The van der Waals surface area contributed by atoms with Crippen molar-refractivity contribution in [1.82, 2.24) is 16.0 Å². The first-order valence-electron chi connectivity index (χ1n) is 8.47. The third kappa shape index (κ3) is 6.77. The van der Waals surface area contributed by atoms with Gasteiger partial charge in [-0.25, -0.2) is 0 Å². The molecule has 146 valence electrons. The number of nitrogens with one attached hydrogen (secondary N) is 2. The molecule has 0 unspecified atom stereocenters. The van der Waals surface area contributed by atoms with Crippen LogP contribution in [0.3, 0.4) is 0 Å². The number of ether oxygens (including phenoxy) is 1. The molecule has 2 aromatic rings. The zero-order valence-corrected chi connectivity index (χ0v) is 16.6. The van der Waals surface area contributed by atoms with E-state index in [4.69, 9.17) is 32.5 Å². The van der Waals surface area contributed by atoms with Crippen LogP contribution < -0.4 is 15.6 Å². The van der Waals surface area contributed by atoms with Crippen molar-refractivity contribution in [3.05, 3.63) is 45.3 Å². The van der Waals surface area contributed by atoms with Crippen LogP contribution in [0.1, 0.15) is 48.0 Å². The molecule has 0 saturated carbocycles. The van der Waals surface area contributed by atoms with Crippen LogP contribution in [0.2, 0.25) is 10.0 Å². The lowest BCUT2D eigenvalue weighted by atomic mass is 10.1. The smallest absolute Gasteiger partial charge is 0.269 e. The van der Waals surface area contributed by atoms with Gasteiger partial charge in [-0.05, 0) is 38.3 Å².